The molecule has 0 unspecified atom stereocenters. The quantitative estimate of drug-likeness (QED) is 0.228. The number of nitriles is 1. The molecule has 3 aliphatic rings. The van der Waals surface area contributed by atoms with Gasteiger partial charge in [-0.3, -0.25) is 9.80 Å². The molecule has 2 atom stereocenters. The molecule has 2 bridgehead atoms. The number of carboxylic acid groups (broad SMARTS) is 3. The molecule has 3 aromatic rings. The third-order valence-corrected chi connectivity index (χ3v) is 9.50. The standard InChI is InChI=1S/C17H23NO2.C16H17N5.C4H4O4/c1-11-9-12(2)15(14(10-11)16(19)20)17-7-4-5-13(6-8-17)18(17)3;1-2-7-20-8-10-21(11-9-20)16-15(12-17)18-13-5-3-4-6-14(13)19-16;5-3(6)1-2-4(7)8/h9-10,13H,4-8H2,1-3H3,(H,19,20);2-6H,1,7-11H2;1-2H,(H,5,6)(H,7,8)/b;;2-1-/t13-,17+;;/m1../s1. The van der Waals surface area contributed by atoms with Gasteiger partial charge in [0.25, 0.3) is 0 Å². The molecule has 0 amide bonds. The number of benzene rings is 2. The lowest BCUT2D eigenvalue weighted by molar-refractivity contribution is -0.134. The molecule has 1 aromatic heterocycles. The molecule has 12 heteroatoms. The summed E-state index contributed by atoms with van der Waals surface area (Å²) in [6.45, 7) is 12.3. The van der Waals surface area contributed by atoms with E-state index < -0.39 is 17.9 Å². The molecule has 258 valence electrons. The number of carboxylic acids is 3. The van der Waals surface area contributed by atoms with E-state index in [9.17, 15) is 24.8 Å². The van der Waals surface area contributed by atoms with Gasteiger partial charge in [-0.2, -0.15) is 5.26 Å². The van der Waals surface area contributed by atoms with Crippen molar-refractivity contribution >= 4 is 34.8 Å². The zero-order valence-corrected chi connectivity index (χ0v) is 28.3. The average molecular weight is 669 g/mol. The second-order valence-corrected chi connectivity index (χ2v) is 12.6. The van der Waals surface area contributed by atoms with E-state index in [4.69, 9.17) is 10.2 Å². The number of hydrogen-bond donors (Lipinski definition) is 3. The van der Waals surface area contributed by atoms with Gasteiger partial charge in [-0.15, -0.1) is 6.58 Å². The Hall–Kier alpha value is -5.12. The summed E-state index contributed by atoms with van der Waals surface area (Å²) in [6.07, 6.45) is 8.88. The van der Waals surface area contributed by atoms with E-state index in [1.807, 2.05) is 43.3 Å². The number of aromatic carboxylic acids is 1. The number of piperazine rings is 1. The van der Waals surface area contributed by atoms with Gasteiger partial charge < -0.3 is 20.2 Å². The number of rotatable bonds is 7. The fraction of sp³-hybridized carbons (Fsp3) is 0.405. The molecule has 4 heterocycles. The highest BCUT2D eigenvalue weighted by Crippen LogP contribution is 2.51. The average Bonchev–Trinajstić information content (AvgIpc) is 3.23. The van der Waals surface area contributed by atoms with Crippen LogP contribution in [0.4, 0.5) is 5.82 Å². The SMILES string of the molecule is C=CCN1CCN(c2nc3ccccc3nc2C#N)CC1.Cc1cc(C)c([C@]23CCC[C@H](CC2)N3C)c(C(=O)O)c1.O=C(O)/C=C\C(=O)O. The van der Waals surface area contributed by atoms with Crippen LogP contribution in [-0.2, 0) is 15.1 Å². The molecule has 6 rings (SSSR count). The topological polar surface area (TPSA) is 171 Å². The molecule has 0 radical (unpaired) electrons. The number of aliphatic carboxylic acids is 2. The summed E-state index contributed by atoms with van der Waals surface area (Å²) in [5.41, 5.74) is 5.71. The Morgan fingerprint density at radius 1 is 0.980 bits per heavy atom. The van der Waals surface area contributed by atoms with E-state index >= 15 is 0 Å². The summed E-state index contributed by atoms with van der Waals surface area (Å²) in [4.78, 5) is 46.9. The van der Waals surface area contributed by atoms with Gasteiger partial charge in [0, 0.05) is 56.5 Å². The van der Waals surface area contributed by atoms with Gasteiger partial charge in [-0.25, -0.2) is 24.4 Å². The van der Waals surface area contributed by atoms with E-state index in [1.165, 1.54) is 19.3 Å². The lowest BCUT2D eigenvalue weighted by Crippen LogP contribution is -2.47. The number of piperidine rings is 1. The summed E-state index contributed by atoms with van der Waals surface area (Å²) in [7, 11) is 2.18. The molecule has 0 aliphatic carbocycles. The number of fused-ring (bicyclic) bond motifs is 3. The summed E-state index contributed by atoms with van der Waals surface area (Å²) >= 11 is 0. The smallest absolute Gasteiger partial charge is 0.336 e. The predicted octanol–water partition coefficient (Wildman–Crippen LogP) is 5.00. The van der Waals surface area contributed by atoms with Gasteiger partial charge in [0.2, 0.25) is 0 Å². The monoisotopic (exact) mass is 668 g/mol. The minimum Gasteiger partial charge on any atom is -0.478 e. The van der Waals surface area contributed by atoms with Crippen LogP contribution in [-0.4, -0.2) is 98.8 Å². The Bertz CT molecular complexity index is 1760. The highest BCUT2D eigenvalue weighted by molar-refractivity contribution is 5.91. The van der Waals surface area contributed by atoms with Crippen LogP contribution >= 0.6 is 0 Å². The maximum absolute atomic E-state index is 11.7. The number of nitrogens with zero attached hydrogens (tertiary/aromatic N) is 6. The van der Waals surface area contributed by atoms with Crippen LogP contribution in [0, 0.1) is 25.2 Å². The first-order chi connectivity index (χ1) is 23.4. The van der Waals surface area contributed by atoms with Crippen molar-refractivity contribution in [1.29, 1.82) is 5.26 Å². The van der Waals surface area contributed by atoms with E-state index in [0.717, 1.165) is 73.3 Å². The number of hydrogen-bond acceptors (Lipinski definition) is 9. The second-order valence-electron chi connectivity index (χ2n) is 12.6. The highest BCUT2D eigenvalue weighted by atomic mass is 16.4. The van der Waals surface area contributed by atoms with Crippen LogP contribution in [0.3, 0.4) is 0 Å². The summed E-state index contributed by atoms with van der Waals surface area (Å²) in [5.74, 6) is -2.60. The fourth-order valence-corrected chi connectivity index (χ4v) is 7.33. The maximum atomic E-state index is 11.7. The largest absolute Gasteiger partial charge is 0.478 e. The first-order valence-electron chi connectivity index (χ1n) is 16.4. The number of carbonyl (C=O) groups is 3. The first kappa shape index (κ1) is 36.7. The van der Waals surface area contributed by atoms with Crippen molar-refractivity contribution in [3.05, 3.63) is 89.2 Å². The third-order valence-electron chi connectivity index (χ3n) is 9.50. The van der Waals surface area contributed by atoms with Gasteiger partial charge in [0.1, 0.15) is 6.07 Å². The van der Waals surface area contributed by atoms with E-state index in [-0.39, 0.29) is 5.54 Å². The van der Waals surface area contributed by atoms with Gasteiger partial charge in [-0.05, 0) is 87.9 Å². The molecule has 2 aromatic carbocycles. The Kier molecular flexibility index (Phi) is 12.2. The normalized spacial score (nSPS) is 20.4. The van der Waals surface area contributed by atoms with Crippen LogP contribution in [0.1, 0.15) is 64.8 Å². The molecule has 3 saturated heterocycles. The summed E-state index contributed by atoms with van der Waals surface area (Å²) in [6, 6.07) is 14.4. The lowest BCUT2D eigenvalue weighted by Gasteiger charge is -2.44. The van der Waals surface area contributed by atoms with Gasteiger partial charge in [-0.1, -0.05) is 24.3 Å². The van der Waals surface area contributed by atoms with Crippen LogP contribution in [0.25, 0.3) is 11.0 Å². The first-order valence-corrected chi connectivity index (χ1v) is 16.4. The van der Waals surface area contributed by atoms with Crippen molar-refractivity contribution < 1.29 is 29.7 Å². The Morgan fingerprint density at radius 3 is 2.18 bits per heavy atom. The number of para-hydroxylation sites is 2. The third kappa shape index (κ3) is 8.68. The van der Waals surface area contributed by atoms with Crippen molar-refractivity contribution in [2.24, 2.45) is 0 Å². The number of aryl methyl sites for hydroxylation is 2. The van der Waals surface area contributed by atoms with Crippen LogP contribution < -0.4 is 4.90 Å². The van der Waals surface area contributed by atoms with Gasteiger partial charge >= 0.3 is 17.9 Å². The zero-order chi connectivity index (χ0) is 35.7. The Labute approximate surface area is 286 Å². The molecular weight excluding hydrogens is 624 g/mol. The predicted molar refractivity (Wildman–Crippen MR) is 187 cm³/mol. The number of anilines is 1. The highest BCUT2D eigenvalue weighted by Gasteiger charge is 2.49. The minimum absolute atomic E-state index is 0.0472. The summed E-state index contributed by atoms with van der Waals surface area (Å²) in [5, 5.41) is 34.6. The molecular formula is C37H44N6O6. The van der Waals surface area contributed by atoms with Crippen LogP contribution in [0.5, 0.6) is 0 Å². The molecule has 3 aliphatic heterocycles. The molecule has 3 N–H and O–H groups in total. The molecule has 3 fully saturated rings. The fourth-order valence-electron chi connectivity index (χ4n) is 7.33. The Morgan fingerprint density at radius 2 is 1.61 bits per heavy atom. The second kappa shape index (κ2) is 16.3. The van der Waals surface area contributed by atoms with E-state index in [2.05, 4.69) is 57.4 Å². The molecule has 49 heavy (non-hydrogen) atoms. The lowest BCUT2D eigenvalue weighted by atomic mass is 9.77. The van der Waals surface area contributed by atoms with E-state index in [1.54, 1.807) is 0 Å². The molecule has 12 nitrogen and oxygen atoms in total. The number of aromatic nitrogens is 2. The van der Waals surface area contributed by atoms with Crippen molar-refractivity contribution in [3.8, 4) is 6.07 Å². The van der Waals surface area contributed by atoms with Gasteiger partial charge in [0.15, 0.2) is 11.5 Å². The van der Waals surface area contributed by atoms with Crippen molar-refractivity contribution in [3.63, 3.8) is 0 Å². The zero-order valence-electron chi connectivity index (χ0n) is 28.3. The summed E-state index contributed by atoms with van der Waals surface area (Å²) < 4.78 is 0. The Balaban J connectivity index is 0.000000182. The van der Waals surface area contributed by atoms with E-state index in [0.29, 0.717) is 35.3 Å². The van der Waals surface area contributed by atoms with Crippen molar-refractivity contribution in [1.82, 2.24) is 19.8 Å². The van der Waals surface area contributed by atoms with Crippen LogP contribution in [0.15, 0.2) is 61.2 Å². The van der Waals surface area contributed by atoms with Crippen molar-refractivity contribution in [2.75, 3.05) is 44.7 Å². The minimum atomic E-state index is -1.26. The molecule has 0 spiro atoms. The molecule has 0 saturated carbocycles. The van der Waals surface area contributed by atoms with Crippen molar-refractivity contribution in [2.45, 2.75) is 57.5 Å². The maximum Gasteiger partial charge on any atom is 0.336 e. The van der Waals surface area contributed by atoms with Crippen LogP contribution in [0.2, 0.25) is 0 Å². The van der Waals surface area contributed by atoms with Gasteiger partial charge in [0.05, 0.1) is 16.6 Å².